The molecule has 2 fully saturated rings. The lowest BCUT2D eigenvalue weighted by molar-refractivity contribution is -0.136. The molecule has 1 N–H and O–H groups in total. The van der Waals surface area contributed by atoms with Gasteiger partial charge in [0.05, 0.1) is 32.9 Å². The van der Waals surface area contributed by atoms with Crippen molar-refractivity contribution in [2.75, 3.05) is 52.4 Å². The maximum absolute atomic E-state index is 12.9. The van der Waals surface area contributed by atoms with Crippen LogP contribution in [0.3, 0.4) is 0 Å². The van der Waals surface area contributed by atoms with E-state index in [-0.39, 0.29) is 42.6 Å². The van der Waals surface area contributed by atoms with Crippen LogP contribution in [0.1, 0.15) is 13.3 Å². The van der Waals surface area contributed by atoms with Gasteiger partial charge in [0.2, 0.25) is 17.6 Å². The summed E-state index contributed by atoms with van der Waals surface area (Å²) in [6, 6.07) is 3.74. The second-order valence-electron chi connectivity index (χ2n) is 6.93. The van der Waals surface area contributed by atoms with E-state index in [0.29, 0.717) is 42.6 Å². The van der Waals surface area contributed by atoms with Crippen LogP contribution in [0.2, 0.25) is 0 Å². The molecule has 156 valence electrons. The Kier molecular flexibility index (Phi) is 7.37. The van der Waals surface area contributed by atoms with Gasteiger partial charge in [-0.05, 0) is 6.92 Å². The van der Waals surface area contributed by atoms with Crippen molar-refractivity contribution < 1.29 is 23.8 Å². The first-order valence-electron chi connectivity index (χ1n) is 9.11. The molecule has 2 heterocycles. The summed E-state index contributed by atoms with van der Waals surface area (Å²) in [5, 5.41) is 3.33. The quantitative estimate of drug-likeness (QED) is 0.784. The minimum atomic E-state index is -0.332. The number of nitrogens with one attached hydrogen (secondary N) is 1. The summed E-state index contributed by atoms with van der Waals surface area (Å²) >= 11 is 0. The Morgan fingerprint density at radius 1 is 1.11 bits per heavy atom. The molecule has 0 aromatic heterocycles. The zero-order valence-electron chi connectivity index (χ0n) is 16.7. The summed E-state index contributed by atoms with van der Waals surface area (Å²) in [7, 11) is 4.60. The Morgan fingerprint density at radius 3 is 2.29 bits per heavy atom. The molecule has 1 aromatic rings. The minimum absolute atomic E-state index is 0. The van der Waals surface area contributed by atoms with Crippen LogP contribution in [0, 0.1) is 5.92 Å². The summed E-state index contributed by atoms with van der Waals surface area (Å²) in [6.07, 6.45) is 0.216. The first-order chi connectivity index (χ1) is 13.0. The molecular weight excluding hydrogens is 386 g/mol. The number of amides is 2. The number of halogens is 1. The topological polar surface area (TPSA) is 80.3 Å². The third-order valence-corrected chi connectivity index (χ3v) is 5.12. The van der Waals surface area contributed by atoms with Gasteiger partial charge in [-0.3, -0.25) is 9.59 Å². The third-order valence-electron chi connectivity index (χ3n) is 5.12. The van der Waals surface area contributed by atoms with Crippen molar-refractivity contribution in [1.29, 1.82) is 0 Å². The van der Waals surface area contributed by atoms with Gasteiger partial charge in [-0.2, -0.15) is 0 Å². The molecule has 2 aliphatic rings. The predicted octanol–water partition coefficient (Wildman–Crippen LogP) is 1.31. The number of hydrogen-bond acceptors (Lipinski definition) is 6. The van der Waals surface area contributed by atoms with Crippen molar-refractivity contribution in [2.45, 2.75) is 19.4 Å². The second kappa shape index (κ2) is 9.34. The van der Waals surface area contributed by atoms with Gasteiger partial charge in [0, 0.05) is 50.8 Å². The summed E-state index contributed by atoms with van der Waals surface area (Å²) in [5.74, 6) is 1.06. The number of benzene rings is 1. The van der Waals surface area contributed by atoms with E-state index in [2.05, 4.69) is 12.2 Å². The number of nitrogens with zero attached hydrogens (tertiary/aromatic N) is 2. The number of piperazine rings is 1. The highest BCUT2D eigenvalue weighted by Crippen LogP contribution is 2.42. The lowest BCUT2D eigenvalue weighted by atomic mass is 10.1. The molecule has 3 rings (SSSR count). The molecule has 0 radical (unpaired) electrons. The average molecular weight is 414 g/mol. The average Bonchev–Trinajstić information content (AvgIpc) is 3.07. The van der Waals surface area contributed by atoms with Gasteiger partial charge in [-0.15, -0.1) is 12.4 Å². The highest BCUT2D eigenvalue weighted by molar-refractivity contribution is 6.00. The van der Waals surface area contributed by atoms with Gasteiger partial charge in [0.15, 0.2) is 11.5 Å². The van der Waals surface area contributed by atoms with Crippen LogP contribution < -0.4 is 24.4 Å². The van der Waals surface area contributed by atoms with Gasteiger partial charge >= 0.3 is 0 Å². The van der Waals surface area contributed by atoms with Gasteiger partial charge in [-0.1, -0.05) is 0 Å². The van der Waals surface area contributed by atoms with Crippen molar-refractivity contribution in [2.24, 2.45) is 5.92 Å². The zero-order valence-corrected chi connectivity index (χ0v) is 17.5. The summed E-state index contributed by atoms with van der Waals surface area (Å²) in [5.41, 5.74) is 0.637. The minimum Gasteiger partial charge on any atom is -0.493 e. The lowest BCUT2D eigenvalue weighted by Gasteiger charge is -2.33. The molecule has 2 aliphatic heterocycles. The van der Waals surface area contributed by atoms with Crippen molar-refractivity contribution in [3.8, 4) is 17.2 Å². The smallest absolute Gasteiger partial charge is 0.228 e. The molecule has 0 aliphatic carbocycles. The fourth-order valence-electron chi connectivity index (χ4n) is 3.74. The first kappa shape index (κ1) is 22.1. The maximum Gasteiger partial charge on any atom is 0.228 e. The fraction of sp³-hybridized carbons (Fsp3) is 0.579. The maximum atomic E-state index is 12.9. The zero-order chi connectivity index (χ0) is 19.6. The van der Waals surface area contributed by atoms with E-state index in [1.54, 1.807) is 17.0 Å². The van der Waals surface area contributed by atoms with Crippen LogP contribution in [0.5, 0.6) is 17.2 Å². The Balaban J connectivity index is 0.00000280. The number of methoxy groups -OCH3 is 3. The van der Waals surface area contributed by atoms with Crippen molar-refractivity contribution in [3.63, 3.8) is 0 Å². The Morgan fingerprint density at radius 2 is 1.75 bits per heavy atom. The van der Waals surface area contributed by atoms with Crippen LogP contribution in [0.25, 0.3) is 0 Å². The van der Waals surface area contributed by atoms with Gasteiger partial charge in [-0.25, -0.2) is 0 Å². The molecular formula is C19H28ClN3O5. The summed E-state index contributed by atoms with van der Waals surface area (Å²) < 4.78 is 16.1. The molecule has 0 bridgehead atoms. The number of rotatable bonds is 5. The normalized spacial score (nSPS) is 21.9. The molecule has 2 atom stereocenters. The van der Waals surface area contributed by atoms with Crippen LogP contribution >= 0.6 is 12.4 Å². The van der Waals surface area contributed by atoms with E-state index in [0.717, 1.165) is 6.54 Å². The van der Waals surface area contributed by atoms with Gasteiger partial charge in [0.1, 0.15) is 0 Å². The largest absolute Gasteiger partial charge is 0.493 e. The third kappa shape index (κ3) is 4.28. The standard InChI is InChI=1S/C19H27N3O5.ClH/c1-12-10-21(6-5-20-12)19(24)13-7-17(23)22(11-13)14-8-15(25-2)18(27-4)16(9-14)26-3;/h8-9,12-13,20H,5-7,10-11H2,1-4H3;1H. The van der Waals surface area contributed by atoms with Gasteiger partial charge < -0.3 is 29.3 Å². The van der Waals surface area contributed by atoms with Crippen molar-refractivity contribution in [1.82, 2.24) is 10.2 Å². The molecule has 2 unspecified atom stereocenters. The molecule has 9 heteroatoms. The highest BCUT2D eigenvalue weighted by Gasteiger charge is 2.38. The SMILES string of the molecule is COc1cc(N2CC(C(=O)N3CCNC(C)C3)CC2=O)cc(OC)c1OC.Cl. The number of anilines is 1. The Labute approximate surface area is 171 Å². The Hall–Kier alpha value is -2.19. The molecule has 0 spiro atoms. The van der Waals surface area contributed by atoms with E-state index in [9.17, 15) is 9.59 Å². The number of carbonyl (C=O) groups is 2. The number of carbonyl (C=O) groups excluding carboxylic acids is 2. The number of hydrogen-bond donors (Lipinski definition) is 1. The molecule has 2 amide bonds. The van der Waals surface area contributed by atoms with Gasteiger partial charge in [0.25, 0.3) is 0 Å². The molecule has 0 saturated carbocycles. The van der Waals surface area contributed by atoms with Crippen LogP contribution in [-0.4, -0.2) is 70.3 Å². The van der Waals surface area contributed by atoms with Crippen LogP contribution in [0.4, 0.5) is 5.69 Å². The lowest BCUT2D eigenvalue weighted by Crippen LogP contribution is -2.53. The van der Waals surface area contributed by atoms with E-state index in [1.165, 1.54) is 21.3 Å². The van der Waals surface area contributed by atoms with Crippen LogP contribution in [0.15, 0.2) is 12.1 Å². The monoisotopic (exact) mass is 413 g/mol. The van der Waals surface area contributed by atoms with E-state index < -0.39 is 0 Å². The molecule has 28 heavy (non-hydrogen) atoms. The first-order valence-corrected chi connectivity index (χ1v) is 9.11. The molecule has 8 nitrogen and oxygen atoms in total. The molecule has 1 aromatic carbocycles. The second-order valence-corrected chi connectivity index (χ2v) is 6.93. The fourth-order valence-corrected chi connectivity index (χ4v) is 3.74. The van der Waals surface area contributed by atoms with Crippen molar-refractivity contribution in [3.05, 3.63) is 12.1 Å². The predicted molar refractivity (Wildman–Crippen MR) is 108 cm³/mol. The van der Waals surface area contributed by atoms with E-state index >= 15 is 0 Å². The summed E-state index contributed by atoms with van der Waals surface area (Å²) in [4.78, 5) is 29.0. The highest BCUT2D eigenvalue weighted by atomic mass is 35.5. The molecule has 2 saturated heterocycles. The Bertz CT molecular complexity index is 705. The van der Waals surface area contributed by atoms with E-state index in [4.69, 9.17) is 14.2 Å². The summed E-state index contributed by atoms with van der Waals surface area (Å²) in [6.45, 7) is 4.55. The van der Waals surface area contributed by atoms with Crippen LogP contribution in [-0.2, 0) is 9.59 Å². The van der Waals surface area contributed by atoms with Crippen molar-refractivity contribution >= 4 is 29.9 Å². The van der Waals surface area contributed by atoms with E-state index in [1.807, 2.05) is 4.90 Å². The number of ether oxygens (including phenoxy) is 3.